The Labute approximate surface area is 133 Å². The van der Waals surface area contributed by atoms with Crippen LogP contribution in [0.2, 0.25) is 0 Å². The number of anilines is 4. The topological polar surface area (TPSA) is 62.7 Å². The molecule has 0 aliphatic carbocycles. The van der Waals surface area contributed by atoms with Crippen molar-refractivity contribution in [2.24, 2.45) is 0 Å². The second-order valence-corrected chi connectivity index (χ2v) is 5.21. The van der Waals surface area contributed by atoms with E-state index in [0.29, 0.717) is 17.5 Å². The van der Waals surface area contributed by atoms with Gasteiger partial charge >= 0.3 is 0 Å². The number of halogens is 1. The number of aromatic nitrogens is 3. The molecule has 6 heteroatoms. The summed E-state index contributed by atoms with van der Waals surface area (Å²) in [4.78, 5) is 4.31. The number of hydrogen-bond donors (Lipinski definition) is 2. The molecule has 2 aromatic carbocycles. The van der Waals surface area contributed by atoms with Gasteiger partial charge in [0, 0.05) is 5.69 Å². The molecule has 3 aromatic rings. The average Bonchev–Trinajstić information content (AvgIpc) is 2.54. The Morgan fingerprint density at radius 1 is 0.957 bits per heavy atom. The largest absolute Gasteiger partial charge is 0.336 e. The zero-order valence-electron chi connectivity index (χ0n) is 12.8. The Morgan fingerprint density at radius 3 is 2.61 bits per heavy atom. The second-order valence-electron chi connectivity index (χ2n) is 5.21. The van der Waals surface area contributed by atoms with E-state index < -0.39 is 0 Å². The zero-order chi connectivity index (χ0) is 16.2. The standard InChI is InChI=1S/C17H16FN5/c1-11-7-8-12(2)15(9-11)21-17-22-16(10-19-23-17)20-14-6-4-3-5-13(14)18/h3-10H,1-2H3,(H2,20,21,22,23). The van der Waals surface area contributed by atoms with Gasteiger partial charge < -0.3 is 10.6 Å². The third-order valence-electron chi connectivity index (χ3n) is 3.33. The normalized spacial score (nSPS) is 10.4. The maximum absolute atomic E-state index is 13.7. The highest BCUT2D eigenvalue weighted by Crippen LogP contribution is 2.21. The summed E-state index contributed by atoms with van der Waals surface area (Å²) in [5.41, 5.74) is 3.46. The highest BCUT2D eigenvalue weighted by atomic mass is 19.1. The lowest BCUT2D eigenvalue weighted by Gasteiger charge is -2.10. The first-order valence-electron chi connectivity index (χ1n) is 7.17. The fraction of sp³-hybridized carbons (Fsp3) is 0.118. The van der Waals surface area contributed by atoms with Crippen molar-refractivity contribution >= 4 is 23.1 Å². The van der Waals surface area contributed by atoms with Crippen molar-refractivity contribution in [1.82, 2.24) is 15.2 Å². The number of nitrogens with zero attached hydrogens (tertiary/aromatic N) is 3. The van der Waals surface area contributed by atoms with Crippen LogP contribution in [0.3, 0.4) is 0 Å². The van der Waals surface area contributed by atoms with Crippen molar-refractivity contribution in [3.05, 3.63) is 65.6 Å². The minimum atomic E-state index is -0.352. The van der Waals surface area contributed by atoms with Gasteiger partial charge in [0.05, 0.1) is 11.9 Å². The maximum atomic E-state index is 13.7. The van der Waals surface area contributed by atoms with Crippen LogP contribution in [0.5, 0.6) is 0 Å². The van der Waals surface area contributed by atoms with Crippen molar-refractivity contribution in [1.29, 1.82) is 0 Å². The summed E-state index contributed by atoms with van der Waals surface area (Å²) < 4.78 is 13.7. The monoisotopic (exact) mass is 309 g/mol. The molecule has 116 valence electrons. The third-order valence-corrected chi connectivity index (χ3v) is 3.33. The minimum absolute atomic E-state index is 0.339. The van der Waals surface area contributed by atoms with Gasteiger partial charge in [-0.25, -0.2) is 4.39 Å². The van der Waals surface area contributed by atoms with Crippen molar-refractivity contribution in [3.63, 3.8) is 0 Å². The Hall–Kier alpha value is -3.02. The van der Waals surface area contributed by atoms with Gasteiger partial charge in [-0.05, 0) is 43.2 Å². The molecule has 1 heterocycles. The first-order valence-corrected chi connectivity index (χ1v) is 7.17. The molecule has 2 N–H and O–H groups in total. The molecule has 5 nitrogen and oxygen atoms in total. The number of rotatable bonds is 4. The molecule has 23 heavy (non-hydrogen) atoms. The predicted molar refractivity (Wildman–Crippen MR) is 88.7 cm³/mol. The number of nitrogens with one attached hydrogen (secondary N) is 2. The van der Waals surface area contributed by atoms with Gasteiger partial charge in [0.15, 0.2) is 5.82 Å². The molecular formula is C17H16FN5. The van der Waals surface area contributed by atoms with Gasteiger partial charge in [0.2, 0.25) is 5.95 Å². The molecular weight excluding hydrogens is 293 g/mol. The quantitative estimate of drug-likeness (QED) is 0.759. The predicted octanol–water partition coefficient (Wildman–Crippen LogP) is 4.11. The molecule has 1 aromatic heterocycles. The van der Waals surface area contributed by atoms with Crippen LogP contribution >= 0.6 is 0 Å². The van der Waals surface area contributed by atoms with Crippen molar-refractivity contribution in [2.75, 3.05) is 10.6 Å². The zero-order valence-corrected chi connectivity index (χ0v) is 12.8. The van der Waals surface area contributed by atoms with E-state index in [9.17, 15) is 4.39 Å². The first kappa shape index (κ1) is 14.9. The van der Waals surface area contributed by atoms with Crippen molar-refractivity contribution < 1.29 is 4.39 Å². The summed E-state index contributed by atoms with van der Waals surface area (Å²) in [7, 11) is 0. The van der Waals surface area contributed by atoms with E-state index in [1.165, 1.54) is 12.3 Å². The lowest BCUT2D eigenvalue weighted by Crippen LogP contribution is -2.04. The Balaban J connectivity index is 1.83. The van der Waals surface area contributed by atoms with Crippen LogP contribution in [0.1, 0.15) is 11.1 Å². The van der Waals surface area contributed by atoms with Gasteiger partial charge in [-0.15, -0.1) is 5.10 Å². The first-order chi connectivity index (χ1) is 11.1. The third kappa shape index (κ3) is 3.60. The van der Waals surface area contributed by atoms with E-state index in [1.54, 1.807) is 18.2 Å². The van der Waals surface area contributed by atoms with E-state index in [2.05, 4.69) is 25.8 Å². The fourth-order valence-corrected chi connectivity index (χ4v) is 2.11. The van der Waals surface area contributed by atoms with Crippen LogP contribution in [0.4, 0.5) is 27.5 Å². The molecule has 0 amide bonds. The number of para-hydroxylation sites is 1. The molecule has 0 aliphatic heterocycles. The van der Waals surface area contributed by atoms with Gasteiger partial charge in [0.25, 0.3) is 0 Å². The summed E-state index contributed by atoms with van der Waals surface area (Å²) in [6, 6.07) is 12.5. The van der Waals surface area contributed by atoms with Crippen LogP contribution in [-0.2, 0) is 0 Å². The molecule has 0 saturated carbocycles. The van der Waals surface area contributed by atoms with Crippen LogP contribution in [-0.4, -0.2) is 15.2 Å². The van der Waals surface area contributed by atoms with Gasteiger partial charge in [-0.2, -0.15) is 10.1 Å². The van der Waals surface area contributed by atoms with E-state index in [4.69, 9.17) is 0 Å². The van der Waals surface area contributed by atoms with E-state index >= 15 is 0 Å². The van der Waals surface area contributed by atoms with Crippen LogP contribution in [0.15, 0.2) is 48.7 Å². The maximum Gasteiger partial charge on any atom is 0.249 e. The number of benzene rings is 2. The highest BCUT2D eigenvalue weighted by Gasteiger charge is 2.06. The summed E-state index contributed by atoms with van der Waals surface area (Å²) >= 11 is 0. The number of aryl methyl sites for hydroxylation is 2. The summed E-state index contributed by atoms with van der Waals surface area (Å²) in [6.45, 7) is 4.01. The lowest BCUT2D eigenvalue weighted by atomic mass is 10.1. The van der Waals surface area contributed by atoms with Crippen molar-refractivity contribution in [2.45, 2.75) is 13.8 Å². The van der Waals surface area contributed by atoms with Crippen LogP contribution in [0, 0.1) is 19.7 Å². The molecule has 0 saturated heterocycles. The van der Waals surface area contributed by atoms with Gasteiger partial charge in [-0.1, -0.05) is 24.3 Å². The summed E-state index contributed by atoms with van der Waals surface area (Å²) in [5, 5.41) is 13.9. The SMILES string of the molecule is Cc1ccc(C)c(Nc2nncc(Nc3ccccc3F)n2)c1. The molecule has 0 unspecified atom stereocenters. The molecule has 0 fully saturated rings. The van der Waals surface area contributed by atoms with E-state index in [1.807, 2.05) is 32.0 Å². The Morgan fingerprint density at radius 2 is 1.78 bits per heavy atom. The van der Waals surface area contributed by atoms with Crippen LogP contribution < -0.4 is 10.6 Å². The molecule has 0 bridgehead atoms. The number of hydrogen-bond acceptors (Lipinski definition) is 5. The summed E-state index contributed by atoms with van der Waals surface area (Å²) in [6.07, 6.45) is 1.45. The Bertz CT molecular complexity index is 835. The molecule has 0 radical (unpaired) electrons. The molecule has 0 aliphatic rings. The van der Waals surface area contributed by atoms with E-state index in [-0.39, 0.29) is 5.82 Å². The molecule has 0 spiro atoms. The lowest BCUT2D eigenvalue weighted by molar-refractivity contribution is 0.632. The molecule has 3 rings (SSSR count). The second kappa shape index (κ2) is 6.39. The van der Waals surface area contributed by atoms with Crippen LogP contribution in [0.25, 0.3) is 0 Å². The summed E-state index contributed by atoms with van der Waals surface area (Å²) in [5.74, 6) is 0.410. The minimum Gasteiger partial charge on any atom is -0.336 e. The van der Waals surface area contributed by atoms with Gasteiger partial charge in [-0.3, -0.25) is 0 Å². The van der Waals surface area contributed by atoms with Crippen molar-refractivity contribution in [3.8, 4) is 0 Å². The molecule has 0 atom stereocenters. The van der Waals surface area contributed by atoms with E-state index in [0.717, 1.165) is 16.8 Å². The average molecular weight is 309 g/mol. The fourth-order valence-electron chi connectivity index (χ4n) is 2.11. The van der Waals surface area contributed by atoms with Gasteiger partial charge in [0.1, 0.15) is 5.82 Å². The smallest absolute Gasteiger partial charge is 0.249 e. The highest BCUT2D eigenvalue weighted by molar-refractivity contribution is 5.61. The Kier molecular flexibility index (Phi) is 4.14.